The molecule has 0 aliphatic carbocycles. The molecule has 2 aromatic heterocycles. The number of nitrogen functional groups attached to an aromatic ring is 1. The Morgan fingerprint density at radius 2 is 1.81 bits per heavy atom. The third kappa shape index (κ3) is 3.24. The van der Waals surface area contributed by atoms with Gasteiger partial charge < -0.3 is 30.9 Å². The van der Waals surface area contributed by atoms with Gasteiger partial charge in [0.25, 0.3) is 0 Å². The second kappa shape index (κ2) is 7.94. The van der Waals surface area contributed by atoms with Gasteiger partial charge in [0, 0.05) is 12.7 Å². The molecule has 4 rings (SSSR count). The molecule has 0 bridgehead atoms. The molecule has 1 saturated heterocycles. The number of aliphatic hydroxyl groups excluding tert-OH is 4. The zero-order chi connectivity index (χ0) is 19.6. The van der Waals surface area contributed by atoms with Crippen molar-refractivity contribution in [1.82, 2.24) is 19.5 Å². The molecular formula is C17H21N5O5. The molecule has 0 unspecified atom stereocenters. The number of hydrogen-bond acceptors (Lipinski definition) is 9. The second-order valence-electron chi connectivity index (χ2n) is 5.83. The number of benzene rings is 1. The highest BCUT2D eigenvalue weighted by atomic mass is 16.6. The summed E-state index contributed by atoms with van der Waals surface area (Å²) in [5.74, 6) is 0.672. The Labute approximate surface area is 154 Å². The number of fused-ring (bicyclic) bond motifs is 1. The van der Waals surface area contributed by atoms with Crippen LogP contribution in [0.2, 0.25) is 0 Å². The summed E-state index contributed by atoms with van der Waals surface area (Å²) in [6.07, 6.45) is -3.06. The van der Waals surface area contributed by atoms with Crippen LogP contribution in [0, 0.1) is 0 Å². The number of aromatic nitrogens is 4. The minimum Gasteiger partial charge on any atom is -0.400 e. The quantitative estimate of drug-likeness (QED) is 0.398. The molecule has 0 spiro atoms. The number of nitrogens with zero attached hydrogens (tertiary/aromatic N) is 4. The highest BCUT2D eigenvalue weighted by Crippen LogP contribution is 2.36. The first-order valence-corrected chi connectivity index (χ1v) is 8.23. The van der Waals surface area contributed by atoms with Crippen molar-refractivity contribution >= 4 is 17.0 Å². The normalized spacial score (nSPS) is 24.6. The Kier molecular flexibility index (Phi) is 5.63. The van der Waals surface area contributed by atoms with E-state index in [1.807, 2.05) is 30.3 Å². The highest BCUT2D eigenvalue weighted by Gasteiger charge is 2.45. The maximum Gasteiger partial charge on any atom is 0.168 e. The summed E-state index contributed by atoms with van der Waals surface area (Å²) in [5.41, 5.74) is 7.42. The van der Waals surface area contributed by atoms with Gasteiger partial charge in [-0.1, -0.05) is 30.3 Å². The van der Waals surface area contributed by atoms with Gasteiger partial charge in [0.05, 0.1) is 6.61 Å². The van der Waals surface area contributed by atoms with Crippen LogP contribution in [0.3, 0.4) is 0 Å². The summed E-state index contributed by atoms with van der Waals surface area (Å²) >= 11 is 0. The molecule has 4 atom stereocenters. The van der Waals surface area contributed by atoms with E-state index in [0.29, 0.717) is 17.0 Å². The number of hydrogen-bond donors (Lipinski definition) is 5. The standard InChI is InChI=1S/C16H17N5O4.CH4O/c17-13-10-15(19-7-18-13)21(14(20-10)8-4-2-1-3-5-8)16-12(24)11(23)9(6-22)25-16;1-2/h1-5,7,9,11-12,16,22-24H,6H2,(H2,17,18,19);2H,1H3/t9-,11-,12-,16-;/m1./s1. The summed E-state index contributed by atoms with van der Waals surface area (Å²) in [7, 11) is 1.00. The zero-order valence-electron chi connectivity index (χ0n) is 14.5. The van der Waals surface area contributed by atoms with Crippen molar-refractivity contribution in [2.75, 3.05) is 19.5 Å². The van der Waals surface area contributed by atoms with E-state index in [-0.39, 0.29) is 5.82 Å². The maximum absolute atomic E-state index is 10.4. The number of rotatable bonds is 3. The van der Waals surface area contributed by atoms with Crippen LogP contribution in [0.1, 0.15) is 6.23 Å². The number of imidazole rings is 1. The van der Waals surface area contributed by atoms with E-state index >= 15 is 0 Å². The average molecular weight is 375 g/mol. The van der Waals surface area contributed by atoms with Crippen molar-refractivity contribution in [3.63, 3.8) is 0 Å². The van der Waals surface area contributed by atoms with Gasteiger partial charge >= 0.3 is 0 Å². The molecule has 3 heterocycles. The monoisotopic (exact) mass is 375 g/mol. The lowest BCUT2D eigenvalue weighted by atomic mass is 10.1. The molecule has 3 aromatic rings. The molecule has 1 aliphatic rings. The molecule has 1 aliphatic heterocycles. The van der Waals surface area contributed by atoms with Gasteiger partial charge in [-0.15, -0.1) is 0 Å². The highest BCUT2D eigenvalue weighted by molar-refractivity contribution is 5.85. The molecule has 6 N–H and O–H groups in total. The van der Waals surface area contributed by atoms with Gasteiger partial charge in [0.15, 0.2) is 23.2 Å². The Morgan fingerprint density at radius 1 is 1.11 bits per heavy atom. The fourth-order valence-corrected chi connectivity index (χ4v) is 3.05. The lowest BCUT2D eigenvalue weighted by molar-refractivity contribution is -0.0503. The Bertz CT molecular complexity index is 903. The Morgan fingerprint density at radius 3 is 2.44 bits per heavy atom. The van der Waals surface area contributed by atoms with Crippen molar-refractivity contribution in [2.24, 2.45) is 0 Å². The van der Waals surface area contributed by atoms with Gasteiger partial charge in [-0.05, 0) is 0 Å². The van der Waals surface area contributed by atoms with Crippen LogP contribution in [0.15, 0.2) is 36.7 Å². The first-order chi connectivity index (χ1) is 13.1. The predicted molar refractivity (Wildman–Crippen MR) is 96.3 cm³/mol. The van der Waals surface area contributed by atoms with Crippen LogP contribution in [-0.4, -0.2) is 72.0 Å². The molecule has 0 amide bonds. The van der Waals surface area contributed by atoms with Crippen LogP contribution in [-0.2, 0) is 4.74 Å². The van der Waals surface area contributed by atoms with E-state index in [4.69, 9.17) is 15.6 Å². The smallest absolute Gasteiger partial charge is 0.168 e. The Balaban J connectivity index is 0.00000102. The fourth-order valence-electron chi connectivity index (χ4n) is 3.05. The van der Waals surface area contributed by atoms with Crippen LogP contribution < -0.4 is 5.73 Å². The molecule has 27 heavy (non-hydrogen) atoms. The molecule has 0 radical (unpaired) electrons. The number of ether oxygens (including phenoxy) is 1. The van der Waals surface area contributed by atoms with Gasteiger partial charge in [-0.2, -0.15) is 0 Å². The molecule has 1 fully saturated rings. The second-order valence-corrected chi connectivity index (χ2v) is 5.83. The van der Waals surface area contributed by atoms with Crippen molar-refractivity contribution in [3.05, 3.63) is 36.7 Å². The van der Waals surface area contributed by atoms with E-state index in [2.05, 4.69) is 15.0 Å². The Hall–Kier alpha value is -2.63. The summed E-state index contributed by atoms with van der Waals surface area (Å²) in [5, 5.41) is 36.9. The maximum atomic E-state index is 10.4. The van der Waals surface area contributed by atoms with Crippen LogP contribution in [0.5, 0.6) is 0 Å². The minimum atomic E-state index is -1.26. The zero-order valence-corrected chi connectivity index (χ0v) is 14.5. The van der Waals surface area contributed by atoms with Crippen LogP contribution >= 0.6 is 0 Å². The topological polar surface area (TPSA) is 160 Å². The molecular weight excluding hydrogens is 354 g/mol. The van der Waals surface area contributed by atoms with Crippen LogP contribution in [0.25, 0.3) is 22.6 Å². The van der Waals surface area contributed by atoms with Crippen LogP contribution in [0.4, 0.5) is 5.82 Å². The molecule has 1 aromatic carbocycles. The number of nitrogens with two attached hydrogens (primary N) is 1. The fraction of sp³-hybridized carbons (Fsp3) is 0.353. The van der Waals surface area contributed by atoms with Crippen molar-refractivity contribution in [3.8, 4) is 11.4 Å². The summed E-state index contributed by atoms with van der Waals surface area (Å²) in [6.45, 7) is -0.418. The first kappa shape index (κ1) is 19.1. The first-order valence-electron chi connectivity index (χ1n) is 8.23. The largest absolute Gasteiger partial charge is 0.400 e. The third-order valence-electron chi connectivity index (χ3n) is 4.31. The summed E-state index contributed by atoms with van der Waals surface area (Å²) in [4.78, 5) is 12.7. The van der Waals surface area contributed by atoms with E-state index in [9.17, 15) is 15.3 Å². The lowest BCUT2D eigenvalue weighted by Crippen LogP contribution is -2.33. The lowest BCUT2D eigenvalue weighted by Gasteiger charge is -2.19. The van der Waals surface area contributed by atoms with Crippen molar-refractivity contribution < 1.29 is 25.2 Å². The van der Waals surface area contributed by atoms with E-state index in [1.54, 1.807) is 4.57 Å². The molecule has 0 saturated carbocycles. The van der Waals surface area contributed by atoms with Crippen molar-refractivity contribution in [1.29, 1.82) is 0 Å². The summed E-state index contributed by atoms with van der Waals surface area (Å²) in [6, 6.07) is 9.28. The average Bonchev–Trinajstić information content (AvgIpc) is 3.23. The third-order valence-corrected chi connectivity index (χ3v) is 4.31. The molecule has 10 nitrogen and oxygen atoms in total. The number of aliphatic hydroxyl groups is 4. The van der Waals surface area contributed by atoms with Gasteiger partial charge in [-0.25, -0.2) is 15.0 Å². The van der Waals surface area contributed by atoms with E-state index < -0.39 is 31.1 Å². The van der Waals surface area contributed by atoms with Gasteiger partial charge in [-0.3, -0.25) is 4.57 Å². The predicted octanol–water partition coefficient (Wildman–Crippen LogP) is -0.705. The van der Waals surface area contributed by atoms with Crippen molar-refractivity contribution in [2.45, 2.75) is 24.5 Å². The minimum absolute atomic E-state index is 0.202. The number of anilines is 1. The SMILES string of the molecule is CO.Nc1ncnc2c1nc(-c1ccccc1)n2[C@@H]1O[C@H](CO)[C@@H](O)[C@H]1O. The van der Waals surface area contributed by atoms with E-state index in [0.717, 1.165) is 12.7 Å². The van der Waals surface area contributed by atoms with Gasteiger partial charge in [0.1, 0.15) is 30.5 Å². The van der Waals surface area contributed by atoms with Gasteiger partial charge in [0.2, 0.25) is 0 Å². The molecule has 10 heteroatoms. The summed E-state index contributed by atoms with van der Waals surface area (Å²) < 4.78 is 7.24. The molecule has 144 valence electrons. The van der Waals surface area contributed by atoms with E-state index in [1.165, 1.54) is 6.33 Å².